The molecule has 4 heteroatoms. The first kappa shape index (κ1) is 12.2. The number of aryl methyl sites for hydroxylation is 1. The van der Waals surface area contributed by atoms with Crippen LogP contribution in [0.15, 0.2) is 10.5 Å². The zero-order chi connectivity index (χ0) is 11.6. The Hall–Kier alpha value is -0.900. The van der Waals surface area contributed by atoms with Crippen LogP contribution in [0, 0.1) is 12.7 Å². The van der Waals surface area contributed by atoms with Crippen LogP contribution in [-0.2, 0) is 11.2 Å². The van der Waals surface area contributed by atoms with Crippen molar-refractivity contribution in [1.29, 1.82) is 0 Å². The summed E-state index contributed by atoms with van der Waals surface area (Å²) in [6, 6.07) is 1.38. The van der Waals surface area contributed by atoms with Gasteiger partial charge in [0.25, 0.3) is 0 Å². The highest BCUT2D eigenvalue weighted by molar-refractivity contribution is 9.10. The molecule has 0 atom stereocenters. The fourth-order valence-electron chi connectivity index (χ4n) is 1.49. The monoisotopic (exact) mass is 274 g/mol. The Balaban J connectivity index is 3.36. The molecular formula is C11H12BrFO2. The quantitative estimate of drug-likeness (QED) is 0.847. The molecule has 82 valence electrons. The van der Waals surface area contributed by atoms with Crippen LogP contribution in [0.4, 0.5) is 4.39 Å². The molecule has 0 radical (unpaired) electrons. The molecule has 1 aromatic carbocycles. The first-order valence-corrected chi connectivity index (χ1v) is 5.27. The van der Waals surface area contributed by atoms with Crippen molar-refractivity contribution in [2.24, 2.45) is 0 Å². The molecule has 0 aliphatic carbocycles. The first-order valence-electron chi connectivity index (χ1n) is 4.48. The Morgan fingerprint density at radius 2 is 2.20 bits per heavy atom. The lowest BCUT2D eigenvalue weighted by Gasteiger charge is -2.13. The lowest BCUT2D eigenvalue weighted by atomic mass is 10.0. The highest BCUT2D eigenvalue weighted by atomic mass is 79.9. The van der Waals surface area contributed by atoms with Gasteiger partial charge >= 0.3 is 0 Å². The van der Waals surface area contributed by atoms with Gasteiger partial charge in [-0.2, -0.15) is 0 Å². The molecule has 0 spiro atoms. The van der Waals surface area contributed by atoms with Gasteiger partial charge in [-0.1, -0.05) is 0 Å². The van der Waals surface area contributed by atoms with Gasteiger partial charge in [-0.15, -0.1) is 0 Å². The van der Waals surface area contributed by atoms with Gasteiger partial charge in [-0.05, 0) is 41.4 Å². The fraction of sp³-hybridized carbons (Fsp3) is 0.364. The van der Waals surface area contributed by atoms with Crippen molar-refractivity contribution in [3.63, 3.8) is 0 Å². The molecule has 0 N–H and O–H groups in total. The minimum Gasteiger partial charge on any atom is -0.496 e. The third-order valence-corrected chi connectivity index (χ3v) is 2.94. The van der Waals surface area contributed by atoms with E-state index in [0.29, 0.717) is 21.3 Å². The van der Waals surface area contributed by atoms with E-state index in [1.165, 1.54) is 20.1 Å². The number of halogens is 2. The topological polar surface area (TPSA) is 26.3 Å². The number of hydrogen-bond acceptors (Lipinski definition) is 2. The number of hydrogen-bond donors (Lipinski definition) is 0. The Morgan fingerprint density at radius 3 is 2.67 bits per heavy atom. The third-order valence-electron chi connectivity index (χ3n) is 2.08. The summed E-state index contributed by atoms with van der Waals surface area (Å²) in [6.07, 6.45) is 0.169. The number of ketones is 1. The molecule has 1 rings (SSSR count). The maximum atomic E-state index is 13.4. The Morgan fingerprint density at radius 1 is 1.60 bits per heavy atom. The number of carbonyl (C=O) groups is 1. The Labute approximate surface area is 96.6 Å². The van der Waals surface area contributed by atoms with Crippen molar-refractivity contribution in [3.8, 4) is 5.75 Å². The largest absolute Gasteiger partial charge is 0.496 e. The van der Waals surface area contributed by atoms with Crippen molar-refractivity contribution in [2.75, 3.05) is 7.11 Å². The minimum absolute atomic E-state index is 0.0287. The number of benzene rings is 1. The first-order chi connectivity index (χ1) is 6.97. The van der Waals surface area contributed by atoms with E-state index in [1.807, 2.05) is 0 Å². The summed E-state index contributed by atoms with van der Waals surface area (Å²) in [7, 11) is 1.51. The van der Waals surface area contributed by atoms with Crippen molar-refractivity contribution < 1.29 is 13.9 Å². The highest BCUT2D eigenvalue weighted by Crippen LogP contribution is 2.33. The number of methoxy groups -OCH3 is 1. The van der Waals surface area contributed by atoms with E-state index in [2.05, 4.69) is 15.9 Å². The average molecular weight is 275 g/mol. The van der Waals surface area contributed by atoms with Crippen LogP contribution in [0.5, 0.6) is 5.75 Å². The molecule has 0 fully saturated rings. The standard InChI is InChI=1S/C11H12BrFO2/c1-6-4-9(13)10(12)8(5-7(2)14)11(6)15-3/h4H,5H2,1-3H3. The van der Waals surface area contributed by atoms with Crippen LogP contribution in [0.3, 0.4) is 0 Å². The minimum atomic E-state index is -0.371. The summed E-state index contributed by atoms with van der Waals surface area (Å²) in [5.74, 6) is 0.169. The average Bonchev–Trinajstić information content (AvgIpc) is 2.13. The lowest BCUT2D eigenvalue weighted by molar-refractivity contribution is -0.116. The summed E-state index contributed by atoms with van der Waals surface area (Å²) in [5.41, 5.74) is 1.26. The highest BCUT2D eigenvalue weighted by Gasteiger charge is 2.16. The predicted octanol–water partition coefficient (Wildman–Crippen LogP) is 3.04. The normalized spacial score (nSPS) is 10.2. The van der Waals surface area contributed by atoms with Gasteiger partial charge in [-0.3, -0.25) is 4.79 Å². The Kier molecular flexibility index (Phi) is 3.85. The fourth-order valence-corrected chi connectivity index (χ4v) is 1.93. The zero-order valence-electron chi connectivity index (χ0n) is 8.86. The molecule has 2 nitrogen and oxygen atoms in total. The van der Waals surface area contributed by atoms with Gasteiger partial charge < -0.3 is 4.74 Å². The molecule has 0 aliphatic heterocycles. The van der Waals surface area contributed by atoms with Crippen molar-refractivity contribution >= 4 is 21.7 Å². The zero-order valence-corrected chi connectivity index (χ0v) is 10.4. The number of carbonyl (C=O) groups excluding carboxylic acids is 1. The van der Waals surface area contributed by atoms with Crippen LogP contribution in [0.2, 0.25) is 0 Å². The summed E-state index contributed by atoms with van der Waals surface area (Å²) in [5, 5.41) is 0. The maximum Gasteiger partial charge on any atom is 0.138 e. The molecular weight excluding hydrogens is 263 g/mol. The molecule has 0 bridgehead atoms. The summed E-state index contributed by atoms with van der Waals surface area (Å²) >= 11 is 3.13. The van der Waals surface area contributed by atoms with Crippen molar-refractivity contribution in [1.82, 2.24) is 0 Å². The molecule has 0 aliphatic rings. The van der Waals surface area contributed by atoms with E-state index in [0.717, 1.165) is 0 Å². The van der Waals surface area contributed by atoms with E-state index in [9.17, 15) is 9.18 Å². The van der Waals surface area contributed by atoms with E-state index < -0.39 is 0 Å². The Bertz CT molecular complexity index is 402. The summed E-state index contributed by atoms with van der Waals surface area (Å²) < 4.78 is 18.9. The molecule has 0 saturated carbocycles. The van der Waals surface area contributed by atoms with Gasteiger partial charge in [0.05, 0.1) is 11.6 Å². The number of rotatable bonds is 3. The van der Waals surface area contributed by atoms with Crippen LogP contribution in [-0.4, -0.2) is 12.9 Å². The third kappa shape index (κ3) is 2.56. The van der Waals surface area contributed by atoms with Crippen molar-refractivity contribution in [2.45, 2.75) is 20.3 Å². The second-order valence-corrected chi connectivity index (χ2v) is 4.17. The summed E-state index contributed by atoms with van der Waals surface area (Å²) in [4.78, 5) is 11.1. The van der Waals surface area contributed by atoms with Crippen LogP contribution in [0.25, 0.3) is 0 Å². The van der Waals surface area contributed by atoms with E-state index in [1.54, 1.807) is 6.92 Å². The molecule has 15 heavy (non-hydrogen) atoms. The van der Waals surface area contributed by atoms with Crippen molar-refractivity contribution in [3.05, 3.63) is 27.5 Å². The van der Waals surface area contributed by atoms with Crippen LogP contribution >= 0.6 is 15.9 Å². The van der Waals surface area contributed by atoms with Gasteiger partial charge in [0.15, 0.2) is 0 Å². The smallest absolute Gasteiger partial charge is 0.138 e. The van der Waals surface area contributed by atoms with Gasteiger partial charge in [-0.25, -0.2) is 4.39 Å². The molecule has 1 aromatic rings. The molecule has 0 heterocycles. The summed E-state index contributed by atoms with van der Waals surface area (Å²) in [6.45, 7) is 3.21. The van der Waals surface area contributed by atoms with Crippen LogP contribution < -0.4 is 4.74 Å². The molecule has 0 aromatic heterocycles. The number of ether oxygens (including phenoxy) is 1. The van der Waals surface area contributed by atoms with Crippen LogP contribution in [0.1, 0.15) is 18.1 Å². The molecule has 0 saturated heterocycles. The van der Waals surface area contributed by atoms with E-state index >= 15 is 0 Å². The second-order valence-electron chi connectivity index (χ2n) is 3.38. The molecule has 0 unspecified atom stereocenters. The predicted molar refractivity (Wildman–Crippen MR) is 59.8 cm³/mol. The molecule has 0 amide bonds. The van der Waals surface area contributed by atoms with E-state index in [-0.39, 0.29) is 18.0 Å². The van der Waals surface area contributed by atoms with Gasteiger partial charge in [0.1, 0.15) is 17.3 Å². The second kappa shape index (κ2) is 4.75. The van der Waals surface area contributed by atoms with E-state index in [4.69, 9.17) is 4.74 Å². The maximum absolute atomic E-state index is 13.4. The van der Waals surface area contributed by atoms with Gasteiger partial charge in [0.2, 0.25) is 0 Å². The number of Topliss-reactive ketones (excluding diaryl/α,β-unsaturated/α-hetero) is 1. The van der Waals surface area contributed by atoms with Gasteiger partial charge in [0, 0.05) is 12.0 Å². The lowest BCUT2D eigenvalue weighted by Crippen LogP contribution is -2.03. The SMILES string of the molecule is COc1c(C)cc(F)c(Br)c1CC(C)=O.